The monoisotopic (exact) mass is 179 g/mol. The van der Waals surface area contributed by atoms with Gasteiger partial charge >= 0.3 is 6.03 Å². The van der Waals surface area contributed by atoms with E-state index in [0.717, 1.165) is 0 Å². The van der Waals surface area contributed by atoms with Gasteiger partial charge in [0.15, 0.2) is 0 Å². The molecule has 0 bridgehead atoms. The maximum Gasteiger partial charge on any atom is 0.339 e. The summed E-state index contributed by atoms with van der Waals surface area (Å²) in [6.07, 6.45) is 0.392. The smallest absolute Gasteiger partial charge is 0.339 e. The highest BCUT2D eigenvalue weighted by atomic mass is 35.5. The van der Waals surface area contributed by atoms with Gasteiger partial charge in [-0.25, -0.2) is 4.79 Å². The van der Waals surface area contributed by atoms with Crippen LogP contribution in [0.3, 0.4) is 0 Å². The van der Waals surface area contributed by atoms with Crippen LogP contribution >= 0.6 is 11.6 Å². The van der Waals surface area contributed by atoms with Crippen LogP contribution in [0.25, 0.3) is 0 Å². The lowest BCUT2D eigenvalue weighted by Crippen LogP contribution is -2.44. The molecule has 0 saturated heterocycles. The Labute approximate surface area is 69.4 Å². The van der Waals surface area contributed by atoms with Crippen molar-refractivity contribution in [3.63, 3.8) is 0 Å². The number of primary amides is 1. The Hall–Kier alpha value is -0.840. The topological polar surface area (TPSA) is 75.8 Å². The number of amides is 2. The lowest BCUT2D eigenvalue weighted by molar-refractivity contribution is 0.174. The van der Waals surface area contributed by atoms with Gasteiger partial charge in [-0.15, -0.1) is 4.91 Å². The summed E-state index contributed by atoms with van der Waals surface area (Å²) in [6.45, 7) is 3.20. The van der Waals surface area contributed by atoms with Gasteiger partial charge in [-0.3, -0.25) is 0 Å². The maximum atomic E-state index is 10.5. The van der Waals surface area contributed by atoms with Crippen LogP contribution in [-0.4, -0.2) is 16.0 Å². The Morgan fingerprint density at radius 2 is 2.27 bits per heavy atom. The molecule has 64 valence electrons. The highest BCUT2D eigenvalue weighted by Crippen LogP contribution is 2.23. The number of nitroso groups, excluding NO2 is 1. The van der Waals surface area contributed by atoms with Gasteiger partial charge in [0.2, 0.25) is 0 Å². The van der Waals surface area contributed by atoms with Gasteiger partial charge in [0.05, 0.1) is 5.29 Å². The zero-order chi connectivity index (χ0) is 9.07. The van der Waals surface area contributed by atoms with E-state index in [1.54, 1.807) is 6.92 Å². The Kier molecular flexibility index (Phi) is 3.25. The molecule has 0 aliphatic carbocycles. The summed E-state index contributed by atoms with van der Waals surface area (Å²) in [4.78, 5) is 19.4. The largest absolute Gasteiger partial charge is 0.350 e. The highest BCUT2D eigenvalue weighted by Gasteiger charge is 2.31. The molecule has 11 heavy (non-hydrogen) atoms. The molecule has 0 aromatic rings. The zero-order valence-electron chi connectivity index (χ0n) is 6.37. The molecule has 0 fully saturated rings. The normalized spacial score (nSPS) is 15.2. The lowest BCUT2D eigenvalue weighted by atomic mass is 10.2. The minimum absolute atomic E-state index is 0.392. The van der Waals surface area contributed by atoms with Gasteiger partial charge in [0.25, 0.3) is 0 Å². The Bertz CT molecular complexity index is 171. The van der Waals surface area contributed by atoms with Gasteiger partial charge < -0.3 is 5.73 Å². The van der Waals surface area contributed by atoms with Crippen molar-refractivity contribution in [3.05, 3.63) is 4.91 Å². The first-order valence-electron chi connectivity index (χ1n) is 3.07. The van der Waals surface area contributed by atoms with Crippen molar-refractivity contribution in [3.8, 4) is 0 Å². The first-order valence-corrected chi connectivity index (χ1v) is 3.45. The predicted molar refractivity (Wildman–Crippen MR) is 41.8 cm³/mol. The summed E-state index contributed by atoms with van der Waals surface area (Å²) in [7, 11) is 0. The molecule has 5 nitrogen and oxygen atoms in total. The molecular formula is C5H10ClN3O2. The van der Waals surface area contributed by atoms with E-state index in [1.165, 1.54) is 6.92 Å². The molecule has 0 saturated carbocycles. The molecular weight excluding hydrogens is 170 g/mol. The van der Waals surface area contributed by atoms with E-state index in [2.05, 4.69) is 5.29 Å². The molecule has 1 atom stereocenters. The van der Waals surface area contributed by atoms with E-state index in [0.29, 0.717) is 11.4 Å². The number of rotatable bonds is 3. The molecule has 0 radical (unpaired) electrons. The summed E-state index contributed by atoms with van der Waals surface area (Å²) >= 11 is 5.71. The molecule has 0 aliphatic heterocycles. The standard InChI is InChI=1S/C5H10ClN3O2/c1-3-5(2,6)9(8-11)4(7)10/h3H2,1-2H3,(H2,7,10). The zero-order valence-corrected chi connectivity index (χ0v) is 7.13. The molecule has 0 spiro atoms. The number of alkyl halides is 1. The molecule has 6 heteroatoms. The maximum absolute atomic E-state index is 10.5. The summed E-state index contributed by atoms with van der Waals surface area (Å²) in [5.74, 6) is 0. The predicted octanol–water partition coefficient (Wildman–Crippen LogP) is 1.41. The molecule has 0 aromatic carbocycles. The third-order valence-electron chi connectivity index (χ3n) is 1.38. The number of carbonyl (C=O) groups excluding carboxylic acids is 1. The van der Waals surface area contributed by atoms with E-state index in [1.807, 2.05) is 0 Å². The number of hydrogen-bond donors (Lipinski definition) is 1. The van der Waals surface area contributed by atoms with Crippen LogP contribution in [0.15, 0.2) is 5.29 Å². The summed E-state index contributed by atoms with van der Waals surface area (Å²) < 4.78 is 0. The second-order valence-electron chi connectivity index (χ2n) is 2.23. The van der Waals surface area contributed by atoms with E-state index >= 15 is 0 Å². The van der Waals surface area contributed by atoms with Crippen molar-refractivity contribution in [1.82, 2.24) is 5.01 Å². The average molecular weight is 180 g/mol. The van der Waals surface area contributed by atoms with Crippen molar-refractivity contribution < 1.29 is 4.79 Å². The van der Waals surface area contributed by atoms with Crippen LogP contribution in [-0.2, 0) is 0 Å². The van der Waals surface area contributed by atoms with Gasteiger partial charge in [0, 0.05) is 0 Å². The Balaban J connectivity index is 4.48. The first kappa shape index (κ1) is 10.2. The fourth-order valence-corrected chi connectivity index (χ4v) is 0.619. The SMILES string of the molecule is CCC(C)(Cl)N(N=O)C(N)=O. The number of nitrogens with zero attached hydrogens (tertiary/aromatic N) is 2. The molecule has 0 aromatic heterocycles. The van der Waals surface area contributed by atoms with Crippen molar-refractivity contribution in [1.29, 1.82) is 0 Å². The average Bonchev–Trinajstić information content (AvgIpc) is 1.88. The molecule has 2 amide bonds. The summed E-state index contributed by atoms with van der Waals surface area (Å²) in [5.41, 5.74) is 4.82. The van der Waals surface area contributed by atoms with Crippen molar-refractivity contribution >= 4 is 17.6 Å². The summed E-state index contributed by atoms with van der Waals surface area (Å²) in [5, 5.41) is 2.92. The van der Waals surface area contributed by atoms with Crippen LogP contribution in [0, 0.1) is 4.91 Å². The number of hydrogen-bond acceptors (Lipinski definition) is 3. The summed E-state index contributed by atoms with van der Waals surface area (Å²) in [6, 6.07) is -0.945. The van der Waals surface area contributed by atoms with Gasteiger partial charge in [0.1, 0.15) is 5.00 Å². The molecule has 1 unspecified atom stereocenters. The van der Waals surface area contributed by atoms with Crippen LogP contribution in [0.1, 0.15) is 20.3 Å². The van der Waals surface area contributed by atoms with Crippen molar-refractivity contribution in [2.45, 2.75) is 25.3 Å². The van der Waals surface area contributed by atoms with Crippen LogP contribution in [0.4, 0.5) is 4.79 Å². The van der Waals surface area contributed by atoms with Gasteiger partial charge in [-0.2, -0.15) is 5.01 Å². The van der Waals surface area contributed by atoms with Gasteiger partial charge in [-0.05, 0) is 13.3 Å². The van der Waals surface area contributed by atoms with Crippen LogP contribution in [0.5, 0.6) is 0 Å². The lowest BCUT2D eigenvalue weighted by Gasteiger charge is -2.26. The number of halogens is 1. The van der Waals surface area contributed by atoms with E-state index in [-0.39, 0.29) is 0 Å². The number of urea groups is 1. The number of carbonyl (C=O) groups is 1. The van der Waals surface area contributed by atoms with Crippen molar-refractivity contribution in [2.24, 2.45) is 11.0 Å². The third-order valence-corrected chi connectivity index (χ3v) is 1.80. The third kappa shape index (κ3) is 2.34. The Morgan fingerprint density at radius 3 is 2.36 bits per heavy atom. The van der Waals surface area contributed by atoms with Crippen molar-refractivity contribution in [2.75, 3.05) is 0 Å². The fourth-order valence-electron chi connectivity index (χ4n) is 0.505. The number of nitrogens with two attached hydrogens (primary N) is 1. The first-order chi connectivity index (χ1) is 4.95. The van der Waals surface area contributed by atoms with Crippen LogP contribution < -0.4 is 5.73 Å². The fraction of sp³-hybridized carbons (Fsp3) is 0.800. The highest BCUT2D eigenvalue weighted by molar-refractivity contribution is 6.24. The van der Waals surface area contributed by atoms with Crippen LogP contribution in [0.2, 0.25) is 0 Å². The quantitative estimate of drug-likeness (QED) is 0.308. The second kappa shape index (κ2) is 3.52. The van der Waals surface area contributed by atoms with E-state index in [4.69, 9.17) is 17.3 Å². The Morgan fingerprint density at radius 1 is 1.82 bits per heavy atom. The molecule has 0 heterocycles. The molecule has 0 aliphatic rings. The molecule has 0 rings (SSSR count). The van der Waals surface area contributed by atoms with Gasteiger partial charge in [-0.1, -0.05) is 18.5 Å². The van der Waals surface area contributed by atoms with E-state index in [9.17, 15) is 9.70 Å². The second-order valence-corrected chi connectivity index (χ2v) is 3.04. The minimum atomic E-state index is -1.12. The minimum Gasteiger partial charge on any atom is -0.350 e. The van der Waals surface area contributed by atoms with E-state index < -0.39 is 11.0 Å². The molecule has 2 N–H and O–H groups in total.